The van der Waals surface area contributed by atoms with Crippen LogP contribution in [-0.2, 0) is 0 Å². The second-order valence-corrected chi connectivity index (χ2v) is 5.70. The van der Waals surface area contributed by atoms with E-state index in [0.717, 1.165) is 17.8 Å². The van der Waals surface area contributed by atoms with E-state index in [9.17, 15) is 5.26 Å². The van der Waals surface area contributed by atoms with Crippen LogP contribution in [0.1, 0.15) is 44.6 Å². The molecule has 1 aliphatic carbocycles. The van der Waals surface area contributed by atoms with E-state index >= 15 is 0 Å². The third-order valence-corrected chi connectivity index (χ3v) is 4.33. The molecule has 1 fully saturated rings. The molecule has 3 nitrogen and oxygen atoms in total. The summed E-state index contributed by atoms with van der Waals surface area (Å²) in [5, 5.41) is 12.8. The van der Waals surface area contributed by atoms with Crippen LogP contribution in [0.4, 0.5) is 5.69 Å². The highest BCUT2D eigenvalue weighted by Crippen LogP contribution is 2.28. The highest BCUT2D eigenvalue weighted by molar-refractivity contribution is 5.59. The number of para-hydroxylation sites is 1. The van der Waals surface area contributed by atoms with E-state index in [-0.39, 0.29) is 0 Å². The smallest absolute Gasteiger partial charge is 0.101 e. The van der Waals surface area contributed by atoms with Gasteiger partial charge in [0.1, 0.15) is 6.07 Å². The van der Waals surface area contributed by atoms with E-state index in [1.54, 1.807) is 0 Å². The Labute approximate surface area is 122 Å². The molecule has 1 aliphatic rings. The van der Waals surface area contributed by atoms with Gasteiger partial charge in [-0.1, -0.05) is 19.1 Å². The molecule has 0 atom stereocenters. The molecule has 108 valence electrons. The third kappa shape index (κ3) is 3.52. The highest BCUT2D eigenvalue weighted by Gasteiger charge is 2.24. The van der Waals surface area contributed by atoms with Gasteiger partial charge in [-0.15, -0.1) is 0 Å². The largest absolute Gasteiger partial charge is 0.371 e. The molecular weight excluding hydrogens is 246 g/mol. The topological polar surface area (TPSA) is 39.1 Å². The SMILES string of the molecule is CCCNC1CCC(N(C)c2ccccc2C#N)CC1. The van der Waals surface area contributed by atoms with E-state index in [0.29, 0.717) is 12.1 Å². The van der Waals surface area contributed by atoms with Gasteiger partial charge in [-0.05, 0) is 50.8 Å². The summed E-state index contributed by atoms with van der Waals surface area (Å²) in [4.78, 5) is 2.30. The number of hydrogen-bond donors (Lipinski definition) is 1. The first-order chi connectivity index (χ1) is 9.76. The molecule has 2 rings (SSSR count). The Kier molecular flexibility index (Phi) is 5.43. The molecule has 0 amide bonds. The van der Waals surface area contributed by atoms with Gasteiger partial charge in [0.25, 0.3) is 0 Å². The van der Waals surface area contributed by atoms with Gasteiger partial charge < -0.3 is 10.2 Å². The second kappa shape index (κ2) is 7.31. The zero-order valence-corrected chi connectivity index (χ0v) is 12.6. The highest BCUT2D eigenvalue weighted by atomic mass is 15.1. The van der Waals surface area contributed by atoms with Crippen LogP contribution in [0, 0.1) is 11.3 Å². The summed E-state index contributed by atoms with van der Waals surface area (Å²) in [6.45, 7) is 3.34. The molecule has 1 aromatic carbocycles. The Morgan fingerprint density at radius 2 is 1.95 bits per heavy atom. The van der Waals surface area contributed by atoms with Gasteiger partial charge >= 0.3 is 0 Å². The van der Waals surface area contributed by atoms with Gasteiger partial charge in [-0.25, -0.2) is 0 Å². The number of anilines is 1. The van der Waals surface area contributed by atoms with Crippen LogP contribution in [-0.4, -0.2) is 25.7 Å². The lowest BCUT2D eigenvalue weighted by atomic mass is 9.90. The van der Waals surface area contributed by atoms with Crippen molar-refractivity contribution >= 4 is 5.69 Å². The molecular formula is C17H25N3. The summed E-state index contributed by atoms with van der Waals surface area (Å²) in [5.41, 5.74) is 1.85. The molecule has 3 heteroatoms. The molecule has 1 saturated carbocycles. The van der Waals surface area contributed by atoms with Gasteiger partial charge in [0.05, 0.1) is 11.3 Å². The average molecular weight is 271 g/mol. The molecule has 0 spiro atoms. The fraction of sp³-hybridized carbons (Fsp3) is 0.588. The second-order valence-electron chi connectivity index (χ2n) is 5.70. The molecule has 20 heavy (non-hydrogen) atoms. The van der Waals surface area contributed by atoms with Crippen molar-refractivity contribution < 1.29 is 0 Å². The predicted molar refractivity (Wildman–Crippen MR) is 83.9 cm³/mol. The summed E-state index contributed by atoms with van der Waals surface area (Å²) >= 11 is 0. The minimum absolute atomic E-state index is 0.559. The van der Waals surface area contributed by atoms with E-state index in [1.165, 1.54) is 32.1 Å². The predicted octanol–water partition coefficient (Wildman–Crippen LogP) is 3.31. The maximum absolute atomic E-state index is 9.22. The molecule has 0 bridgehead atoms. The van der Waals surface area contributed by atoms with E-state index < -0.39 is 0 Å². The summed E-state index contributed by atoms with van der Waals surface area (Å²) < 4.78 is 0. The Hall–Kier alpha value is -1.53. The molecule has 0 aromatic heterocycles. The van der Waals surface area contributed by atoms with Crippen molar-refractivity contribution in [3.63, 3.8) is 0 Å². The van der Waals surface area contributed by atoms with Crippen LogP contribution in [0.25, 0.3) is 0 Å². The zero-order valence-electron chi connectivity index (χ0n) is 12.6. The monoisotopic (exact) mass is 271 g/mol. The van der Waals surface area contributed by atoms with Crippen LogP contribution >= 0.6 is 0 Å². The standard InChI is InChI=1S/C17H25N3/c1-3-12-19-15-8-10-16(11-9-15)20(2)17-7-5-4-6-14(17)13-18/h4-7,15-16,19H,3,8-12H2,1-2H3. The molecule has 0 radical (unpaired) electrons. The number of nitriles is 1. The number of nitrogens with zero attached hydrogens (tertiary/aromatic N) is 2. The van der Waals surface area contributed by atoms with Crippen molar-refractivity contribution in [1.29, 1.82) is 5.26 Å². The van der Waals surface area contributed by atoms with Crippen LogP contribution in [0.5, 0.6) is 0 Å². The van der Waals surface area contributed by atoms with Gasteiger partial charge in [0.15, 0.2) is 0 Å². The Morgan fingerprint density at radius 1 is 1.25 bits per heavy atom. The lowest BCUT2D eigenvalue weighted by molar-refractivity contribution is 0.337. The van der Waals surface area contributed by atoms with Crippen molar-refractivity contribution in [2.45, 2.75) is 51.1 Å². The number of benzene rings is 1. The van der Waals surface area contributed by atoms with Crippen LogP contribution in [0.2, 0.25) is 0 Å². The molecule has 1 aromatic rings. The molecule has 0 aliphatic heterocycles. The molecule has 0 unspecified atom stereocenters. The summed E-state index contributed by atoms with van der Waals surface area (Å²) in [7, 11) is 2.13. The molecule has 1 N–H and O–H groups in total. The minimum atomic E-state index is 0.559. The number of hydrogen-bond acceptors (Lipinski definition) is 3. The Bertz CT molecular complexity index is 456. The first kappa shape index (κ1) is 14.9. The normalized spacial score (nSPS) is 22.2. The Morgan fingerprint density at radius 3 is 2.60 bits per heavy atom. The summed E-state index contributed by atoms with van der Waals surface area (Å²) in [6.07, 6.45) is 6.10. The first-order valence-corrected chi connectivity index (χ1v) is 7.71. The molecule has 0 heterocycles. The summed E-state index contributed by atoms with van der Waals surface area (Å²) in [5.74, 6) is 0. The quantitative estimate of drug-likeness (QED) is 0.893. The van der Waals surface area contributed by atoms with Crippen LogP contribution < -0.4 is 10.2 Å². The minimum Gasteiger partial charge on any atom is -0.371 e. The average Bonchev–Trinajstić information content (AvgIpc) is 2.52. The maximum atomic E-state index is 9.22. The lowest BCUT2D eigenvalue weighted by Gasteiger charge is -2.36. The number of rotatable bonds is 5. The van der Waals surface area contributed by atoms with Crippen molar-refractivity contribution in [2.75, 3.05) is 18.5 Å². The first-order valence-electron chi connectivity index (χ1n) is 7.71. The lowest BCUT2D eigenvalue weighted by Crippen LogP contribution is -2.41. The summed E-state index contributed by atoms with van der Waals surface area (Å²) in [6, 6.07) is 11.4. The van der Waals surface area contributed by atoms with Gasteiger partial charge in [0.2, 0.25) is 0 Å². The number of nitrogens with one attached hydrogen (secondary N) is 1. The maximum Gasteiger partial charge on any atom is 0.101 e. The fourth-order valence-corrected chi connectivity index (χ4v) is 3.09. The fourth-order valence-electron chi connectivity index (χ4n) is 3.09. The van der Waals surface area contributed by atoms with Crippen molar-refractivity contribution in [2.24, 2.45) is 0 Å². The van der Waals surface area contributed by atoms with Crippen LogP contribution in [0.3, 0.4) is 0 Å². The zero-order chi connectivity index (χ0) is 14.4. The van der Waals surface area contributed by atoms with E-state index in [2.05, 4.69) is 36.3 Å². The van der Waals surface area contributed by atoms with E-state index in [1.807, 2.05) is 18.2 Å². The van der Waals surface area contributed by atoms with Gasteiger partial charge in [-0.2, -0.15) is 5.26 Å². The Balaban J connectivity index is 1.95. The van der Waals surface area contributed by atoms with Gasteiger partial charge in [-0.3, -0.25) is 0 Å². The molecule has 0 saturated heterocycles. The van der Waals surface area contributed by atoms with E-state index in [4.69, 9.17) is 0 Å². The van der Waals surface area contributed by atoms with Crippen molar-refractivity contribution in [1.82, 2.24) is 5.32 Å². The third-order valence-electron chi connectivity index (χ3n) is 4.33. The van der Waals surface area contributed by atoms with Gasteiger partial charge in [0, 0.05) is 19.1 Å². The van der Waals surface area contributed by atoms with Crippen LogP contribution in [0.15, 0.2) is 24.3 Å². The van der Waals surface area contributed by atoms with Crippen molar-refractivity contribution in [3.05, 3.63) is 29.8 Å². The van der Waals surface area contributed by atoms with Crippen molar-refractivity contribution in [3.8, 4) is 6.07 Å².